The fourth-order valence-electron chi connectivity index (χ4n) is 10.7. The number of fused-ring (bicyclic) bond motifs is 4. The summed E-state index contributed by atoms with van der Waals surface area (Å²) in [6.07, 6.45) is 1.95. The molecule has 2 aromatic heterocycles. The Labute approximate surface area is 440 Å². The second-order valence-corrected chi connectivity index (χ2v) is 18.3. The minimum absolute atomic E-state index is 0. The Morgan fingerprint density at radius 2 is 0.959 bits per heavy atom. The minimum Gasteiger partial charge on any atom is -0.357 e. The van der Waals surface area contributed by atoms with Gasteiger partial charge < -0.3 is 19.3 Å². The first-order valence-electron chi connectivity index (χ1n) is 24.5. The Balaban J connectivity index is 0.00000543. The third-order valence-corrected chi connectivity index (χ3v) is 14.0. The van der Waals surface area contributed by atoms with Crippen molar-refractivity contribution in [3.8, 4) is 61.5 Å². The van der Waals surface area contributed by atoms with Gasteiger partial charge in [0.1, 0.15) is 5.82 Å². The summed E-state index contributed by atoms with van der Waals surface area (Å²) >= 11 is 0. The SMILES string of the molecule is CN1CN(c2[c-]c(N(c3[c-]c4c(cc3)c3ccccc3n4-c3cc(-c4c(-c5ccccc5)cccc4-c4ccccc4)ccn3)c3c(-c4ccccc4)cccc3-c3ccccc3)ccc2)c2ccccc21.[Pt+2]. The number of nitrogens with zero attached hydrogens (tertiary/aromatic N) is 5. The molecule has 0 amide bonds. The van der Waals surface area contributed by atoms with Crippen LogP contribution in [-0.4, -0.2) is 23.3 Å². The van der Waals surface area contributed by atoms with Crippen molar-refractivity contribution in [3.63, 3.8) is 0 Å². The van der Waals surface area contributed by atoms with Gasteiger partial charge in [-0.3, -0.25) is 0 Å². The molecule has 1 aliphatic heterocycles. The van der Waals surface area contributed by atoms with Crippen LogP contribution in [0.25, 0.3) is 83.3 Å². The van der Waals surface area contributed by atoms with E-state index in [0.717, 1.165) is 112 Å². The van der Waals surface area contributed by atoms with Gasteiger partial charge in [0, 0.05) is 29.9 Å². The first-order valence-corrected chi connectivity index (χ1v) is 24.5. The summed E-state index contributed by atoms with van der Waals surface area (Å²) in [5.41, 5.74) is 19.4. The molecule has 5 nitrogen and oxygen atoms in total. The van der Waals surface area contributed by atoms with Crippen molar-refractivity contribution in [1.82, 2.24) is 9.55 Å². The van der Waals surface area contributed by atoms with Crippen molar-refractivity contribution >= 4 is 55.9 Å². The second-order valence-electron chi connectivity index (χ2n) is 18.3. The summed E-state index contributed by atoms with van der Waals surface area (Å²) in [6.45, 7) is 0.710. The molecule has 0 saturated heterocycles. The fraction of sp³-hybridized carbons (Fsp3) is 0.0299. The van der Waals surface area contributed by atoms with E-state index in [-0.39, 0.29) is 21.1 Å². The molecule has 0 aliphatic carbocycles. The van der Waals surface area contributed by atoms with Crippen molar-refractivity contribution < 1.29 is 21.1 Å². The maximum Gasteiger partial charge on any atom is 2.00 e. The molecule has 13 rings (SSSR count). The summed E-state index contributed by atoms with van der Waals surface area (Å²) in [5.74, 6) is 0.806. The van der Waals surface area contributed by atoms with Crippen LogP contribution in [-0.2, 0) is 21.1 Å². The second kappa shape index (κ2) is 19.4. The van der Waals surface area contributed by atoms with Crippen molar-refractivity contribution in [2.24, 2.45) is 0 Å². The van der Waals surface area contributed by atoms with Crippen LogP contribution < -0.4 is 14.7 Å². The van der Waals surface area contributed by atoms with E-state index in [9.17, 15) is 0 Å². The van der Waals surface area contributed by atoms with Gasteiger partial charge in [0.15, 0.2) is 0 Å². The molecule has 3 heterocycles. The van der Waals surface area contributed by atoms with Crippen LogP contribution in [0.5, 0.6) is 0 Å². The summed E-state index contributed by atoms with van der Waals surface area (Å²) in [5, 5.41) is 2.22. The Kier molecular flexibility index (Phi) is 12.1. The van der Waals surface area contributed by atoms with Gasteiger partial charge >= 0.3 is 21.1 Å². The van der Waals surface area contributed by atoms with E-state index in [1.54, 1.807) is 0 Å². The fourth-order valence-corrected chi connectivity index (χ4v) is 10.7. The summed E-state index contributed by atoms with van der Waals surface area (Å²) in [7, 11) is 2.15. The molecule has 73 heavy (non-hydrogen) atoms. The average Bonchev–Trinajstić information content (AvgIpc) is 3.98. The normalized spacial score (nSPS) is 12.0. The molecule has 0 spiro atoms. The van der Waals surface area contributed by atoms with Gasteiger partial charge in [-0.15, -0.1) is 35.7 Å². The molecule has 0 unspecified atom stereocenters. The van der Waals surface area contributed by atoms with Gasteiger partial charge in [-0.25, -0.2) is 4.98 Å². The van der Waals surface area contributed by atoms with Crippen molar-refractivity contribution in [3.05, 3.63) is 267 Å². The van der Waals surface area contributed by atoms with Gasteiger partial charge in [0.25, 0.3) is 0 Å². The molecule has 0 atom stereocenters. The van der Waals surface area contributed by atoms with E-state index in [2.05, 4.69) is 287 Å². The Bertz CT molecular complexity index is 3810. The van der Waals surface area contributed by atoms with Crippen molar-refractivity contribution in [2.75, 3.05) is 28.4 Å². The number of para-hydroxylation sites is 4. The van der Waals surface area contributed by atoms with Gasteiger partial charge in [-0.2, -0.15) is 12.1 Å². The van der Waals surface area contributed by atoms with E-state index in [0.29, 0.717) is 6.67 Å². The summed E-state index contributed by atoms with van der Waals surface area (Å²) in [4.78, 5) is 12.2. The number of hydrogen-bond donors (Lipinski definition) is 0. The largest absolute Gasteiger partial charge is 2.00 e. The number of pyridine rings is 1. The summed E-state index contributed by atoms with van der Waals surface area (Å²) in [6, 6.07) is 96.8. The standard InChI is InChI=1S/C67H47N5.Pt/c1-69-46-70(63-38-17-16-37-62(63)69)52-29-18-30-53(44-52)71(67-57(49-25-10-4-11-26-49)34-20-35-58(67)50-27-12-5-13-28-50)54-39-40-60-59-31-14-15-36-61(59)72(64(60)45-54)65-43-51(41-42-68-65)66-55(47-21-6-2-7-22-47)32-19-33-56(66)48-23-8-3-9-24-48;/h2-43H,46H2,1H3;/q-2;+2. The monoisotopic (exact) mass is 1120 g/mol. The third-order valence-electron chi connectivity index (χ3n) is 14.0. The molecule has 0 bridgehead atoms. The molecular formula is C67H47N5Pt. The Morgan fingerprint density at radius 1 is 0.438 bits per heavy atom. The molecule has 0 N–H and O–H groups in total. The Morgan fingerprint density at radius 3 is 1.59 bits per heavy atom. The number of anilines is 6. The zero-order valence-corrected chi connectivity index (χ0v) is 42.3. The molecule has 350 valence electrons. The van der Waals surface area contributed by atoms with E-state index in [4.69, 9.17) is 4.98 Å². The van der Waals surface area contributed by atoms with Crippen molar-refractivity contribution in [2.45, 2.75) is 0 Å². The number of hydrogen-bond acceptors (Lipinski definition) is 4. The molecule has 6 heteroatoms. The molecule has 0 radical (unpaired) electrons. The zero-order valence-electron chi connectivity index (χ0n) is 40.0. The average molecular weight is 1120 g/mol. The van der Waals surface area contributed by atoms with Crippen LogP contribution in [0.1, 0.15) is 0 Å². The minimum atomic E-state index is 0. The summed E-state index contributed by atoms with van der Waals surface area (Å²) < 4.78 is 2.29. The van der Waals surface area contributed by atoms with Gasteiger partial charge in [-0.1, -0.05) is 211 Å². The molecule has 12 aromatic rings. The van der Waals surface area contributed by atoms with Gasteiger partial charge in [-0.05, 0) is 80.2 Å². The first kappa shape index (κ1) is 45.4. The van der Waals surface area contributed by atoms with Gasteiger partial charge in [0.2, 0.25) is 0 Å². The molecule has 1 aliphatic rings. The molecule has 0 saturated carbocycles. The van der Waals surface area contributed by atoms with Crippen LogP contribution in [0.4, 0.5) is 34.1 Å². The predicted octanol–water partition coefficient (Wildman–Crippen LogP) is 17.1. The van der Waals surface area contributed by atoms with Crippen molar-refractivity contribution in [1.29, 1.82) is 0 Å². The van der Waals surface area contributed by atoms with Gasteiger partial charge in [0.05, 0.1) is 23.7 Å². The third kappa shape index (κ3) is 8.18. The smallest absolute Gasteiger partial charge is 0.357 e. The van der Waals surface area contributed by atoms with Crippen LogP contribution in [0.15, 0.2) is 255 Å². The maximum atomic E-state index is 5.20. The van der Waals surface area contributed by atoms with E-state index in [1.165, 1.54) is 5.69 Å². The zero-order chi connectivity index (χ0) is 48.0. The Hall–Kier alpha value is -8.76. The topological polar surface area (TPSA) is 27.5 Å². The number of aromatic nitrogens is 2. The quantitative estimate of drug-likeness (QED) is 0.128. The number of benzene rings is 10. The van der Waals surface area contributed by atoms with E-state index in [1.807, 2.05) is 6.20 Å². The van der Waals surface area contributed by atoms with Crippen LogP contribution in [0, 0.1) is 12.1 Å². The van der Waals surface area contributed by atoms with Crippen LogP contribution in [0.2, 0.25) is 0 Å². The predicted molar refractivity (Wildman–Crippen MR) is 300 cm³/mol. The maximum absolute atomic E-state index is 5.20. The molecule has 10 aromatic carbocycles. The van der Waals surface area contributed by atoms with E-state index < -0.39 is 0 Å². The number of rotatable bonds is 10. The first-order chi connectivity index (χ1) is 35.7. The molecule has 0 fully saturated rings. The van der Waals surface area contributed by atoms with Crippen LogP contribution >= 0.6 is 0 Å². The van der Waals surface area contributed by atoms with E-state index >= 15 is 0 Å². The van der Waals surface area contributed by atoms with Crippen LogP contribution in [0.3, 0.4) is 0 Å². The molecular weight excluding hydrogens is 1070 g/mol.